The van der Waals surface area contributed by atoms with Gasteiger partial charge in [0, 0.05) is 35.6 Å². The van der Waals surface area contributed by atoms with Gasteiger partial charge in [-0.1, -0.05) is 23.7 Å². The minimum Gasteiger partial charge on any atom is -0.508 e. The molecule has 0 amide bonds. The molecule has 1 heterocycles. The smallest absolute Gasteiger partial charge is 0.120 e. The summed E-state index contributed by atoms with van der Waals surface area (Å²) in [6, 6.07) is 11.4. The molecule has 4 nitrogen and oxygen atoms in total. The van der Waals surface area contributed by atoms with E-state index in [9.17, 15) is 5.11 Å². The molecule has 0 bridgehead atoms. The number of hydrogen-bond donors (Lipinski definition) is 2. The summed E-state index contributed by atoms with van der Waals surface area (Å²) in [4.78, 5) is 0. The van der Waals surface area contributed by atoms with Gasteiger partial charge in [-0.25, -0.2) is 0 Å². The molecule has 0 radical (unpaired) electrons. The summed E-state index contributed by atoms with van der Waals surface area (Å²) in [5.41, 5.74) is 3.08. The number of aromatic nitrogens is 2. The van der Waals surface area contributed by atoms with E-state index in [0.29, 0.717) is 11.6 Å². The molecule has 2 aromatic carbocycles. The topological polar surface area (TPSA) is 50.1 Å². The number of halogens is 1. The number of nitrogens with one attached hydrogen (secondary N) is 1. The third-order valence-corrected chi connectivity index (χ3v) is 4.12. The lowest BCUT2D eigenvalue weighted by atomic mass is 10.1. The van der Waals surface area contributed by atoms with Crippen LogP contribution >= 0.6 is 11.6 Å². The van der Waals surface area contributed by atoms with Gasteiger partial charge in [0.25, 0.3) is 0 Å². The molecule has 1 aromatic heterocycles. The van der Waals surface area contributed by atoms with Gasteiger partial charge in [-0.2, -0.15) is 5.10 Å². The summed E-state index contributed by atoms with van der Waals surface area (Å²) in [5, 5.41) is 19.4. The molecule has 2 N–H and O–H groups in total. The highest BCUT2D eigenvalue weighted by molar-refractivity contribution is 6.30. The van der Waals surface area contributed by atoms with Crippen LogP contribution in [-0.2, 0) is 13.6 Å². The summed E-state index contributed by atoms with van der Waals surface area (Å²) < 4.78 is 1.87. The Bertz CT molecular complexity index is 813. The van der Waals surface area contributed by atoms with Crippen LogP contribution in [0.1, 0.15) is 24.1 Å². The van der Waals surface area contributed by atoms with Crippen molar-refractivity contribution in [2.24, 2.45) is 7.05 Å². The van der Waals surface area contributed by atoms with Gasteiger partial charge >= 0.3 is 0 Å². The summed E-state index contributed by atoms with van der Waals surface area (Å²) in [7, 11) is 1.94. The molecule has 22 heavy (non-hydrogen) atoms. The molecule has 5 heteroatoms. The highest BCUT2D eigenvalue weighted by atomic mass is 35.5. The second-order valence-electron chi connectivity index (χ2n) is 5.47. The summed E-state index contributed by atoms with van der Waals surface area (Å²) >= 11 is 6.00. The molecule has 1 unspecified atom stereocenters. The molecule has 0 saturated heterocycles. The Kier molecular flexibility index (Phi) is 4.05. The molecule has 1 atom stereocenters. The SMILES string of the molecule is CC(NCc1ccc2cnn(C)c2c1)c1cc(Cl)ccc1O. The zero-order valence-electron chi connectivity index (χ0n) is 12.5. The first-order chi connectivity index (χ1) is 10.5. The van der Waals surface area contributed by atoms with Gasteiger partial charge in [0.2, 0.25) is 0 Å². The van der Waals surface area contributed by atoms with Crippen molar-refractivity contribution in [3.05, 3.63) is 58.7 Å². The Morgan fingerprint density at radius 1 is 1.27 bits per heavy atom. The molecular formula is C17H18ClN3O. The van der Waals surface area contributed by atoms with Crippen molar-refractivity contribution in [1.82, 2.24) is 15.1 Å². The Morgan fingerprint density at radius 3 is 2.91 bits per heavy atom. The van der Waals surface area contributed by atoms with Gasteiger partial charge in [0.15, 0.2) is 0 Å². The predicted octanol–water partition coefficient (Wildman–Crippen LogP) is 3.78. The fraction of sp³-hybridized carbons (Fsp3) is 0.235. The number of benzene rings is 2. The average molecular weight is 316 g/mol. The lowest BCUT2D eigenvalue weighted by Gasteiger charge is -2.16. The molecule has 114 valence electrons. The third kappa shape index (κ3) is 2.93. The van der Waals surface area contributed by atoms with Crippen molar-refractivity contribution in [1.29, 1.82) is 0 Å². The van der Waals surface area contributed by atoms with E-state index >= 15 is 0 Å². The van der Waals surface area contributed by atoms with E-state index in [4.69, 9.17) is 11.6 Å². The average Bonchev–Trinajstić information content (AvgIpc) is 2.88. The first-order valence-electron chi connectivity index (χ1n) is 7.17. The second-order valence-corrected chi connectivity index (χ2v) is 5.90. The number of fused-ring (bicyclic) bond motifs is 1. The van der Waals surface area contributed by atoms with Crippen LogP contribution in [0.3, 0.4) is 0 Å². The maximum absolute atomic E-state index is 9.94. The fourth-order valence-corrected chi connectivity index (χ4v) is 2.73. The lowest BCUT2D eigenvalue weighted by molar-refractivity contribution is 0.452. The highest BCUT2D eigenvalue weighted by Gasteiger charge is 2.11. The maximum atomic E-state index is 9.94. The normalized spacial score (nSPS) is 12.7. The Hall–Kier alpha value is -2.04. The van der Waals surface area contributed by atoms with Crippen LogP contribution in [0.5, 0.6) is 5.75 Å². The standard InChI is InChI=1S/C17H18ClN3O/c1-11(15-8-14(18)5-6-17(15)22)19-9-12-3-4-13-10-20-21(2)16(13)7-12/h3-8,10-11,19,22H,9H2,1-2H3. The van der Waals surface area contributed by atoms with Gasteiger partial charge < -0.3 is 10.4 Å². The van der Waals surface area contributed by atoms with Crippen molar-refractivity contribution >= 4 is 22.5 Å². The number of aromatic hydroxyl groups is 1. The van der Waals surface area contributed by atoms with Crippen LogP contribution < -0.4 is 5.32 Å². The summed E-state index contributed by atoms with van der Waals surface area (Å²) in [6.45, 7) is 2.71. The number of nitrogens with zero attached hydrogens (tertiary/aromatic N) is 2. The molecule has 0 aliphatic carbocycles. The van der Waals surface area contributed by atoms with Crippen LogP contribution in [0.25, 0.3) is 10.9 Å². The van der Waals surface area contributed by atoms with Crippen LogP contribution in [0.2, 0.25) is 5.02 Å². The van der Waals surface area contributed by atoms with Crippen molar-refractivity contribution < 1.29 is 5.11 Å². The Labute approximate surface area is 134 Å². The predicted molar refractivity (Wildman–Crippen MR) is 89.1 cm³/mol. The number of phenols is 1. The van der Waals surface area contributed by atoms with Crippen molar-refractivity contribution in [3.63, 3.8) is 0 Å². The minimum atomic E-state index is 0.000865. The molecular weight excluding hydrogens is 298 g/mol. The Balaban J connectivity index is 1.75. The molecule has 0 aliphatic heterocycles. The van der Waals surface area contributed by atoms with Gasteiger partial charge in [0.05, 0.1) is 11.7 Å². The fourth-order valence-electron chi connectivity index (χ4n) is 2.55. The van der Waals surface area contributed by atoms with Gasteiger partial charge in [-0.3, -0.25) is 4.68 Å². The zero-order chi connectivity index (χ0) is 15.7. The molecule has 3 aromatic rings. The van der Waals surface area contributed by atoms with Crippen molar-refractivity contribution in [2.75, 3.05) is 0 Å². The quantitative estimate of drug-likeness (QED) is 0.770. The zero-order valence-corrected chi connectivity index (χ0v) is 13.3. The van der Waals surface area contributed by atoms with Gasteiger partial charge in [-0.05, 0) is 36.8 Å². The van der Waals surface area contributed by atoms with E-state index in [1.54, 1.807) is 18.2 Å². The van der Waals surface area contributed by atoms with Crippen LogP contribution in [0.4, 0.5) is 0 Å². The first-order valence-corrected chi connectivity index (χ1v) is 7.55. The summed E-state index contributed by atoms with van der Waals surface area (Å²) in [6.07, 6.45) is 1.86. The van der Waals surface area contributed by atoms with E-state index in [1.807, 2.05) is 24.9 Å². The third-order valence-electron chi connectivity index (χ3n) is 3.88. The number of rotatable bonds is 4. The van der Waals surface area contributed by atoms with Crippen molar-refractivity contribution in [2.45, 2.75) is 19.5 Å². The Morgan fingerprint density at radius 2 is 2.09 bits per heavy atom. The maximum Gasteiger partial charge on any atom is 0.120 e. The van der Waals surface area contributed by atoms with E-state index in [1.165, 1.54) is 5.56 Å². The van der Waals surface area contributed by atoms with Crippen molar-refractivity contribution in [3.8, 4) is 5.75 Å². The van der Waals surface area contributed by atoms with Gasteiger partial charge in [0.1, 0.15) is 5.75 Å². The molecule has 0 saturated carbocycles. The highest BCUT2D eigenvalue weighted by Crippen LogP contribution is 2.27. The second kappa shape index (κ2) is 5.99. The molecule has 0 aliphatic rings. The van der Waals surface area contributed by atoms with Gasteiger partial charge in [-0.15, -0.1) is 0 Å². The van der Waals surface area contributed by atoms with Crippen LogP contribution in [0, 0.1) is 0 Å². The molecule has 3 rings (SSSR count). The first kappa shape index (κ1) is 14.9. The minimum absolute atomic E-state index is 0.000865. The molecule has 0 fully saturated rings. The largest absolute Gasteiger partial charge is 0.508 e. The van der Waals surface area contributed by atoms with E-state index in [0.717, 1.165) is 16.5 Å². The van der Waals surface area contributed by atoms with E-state index in [-0.39, 0.29) is 11.8 Å². The van der Waals surface area contributed by atoms with E-state index < -0.39 is 0 Å². The number of phenolic OH excluding ortho intramolecular Hbond substituents is 1. The summed E-state index contributed by atoms with van der Waals surface area (Å²) in [5.74, 6) is 0.256. The van der Waals surface area contributed by atoms with Crippen LogP contribution in [-0.4, -0.2) is 14.9 Å². The molecule has 0 spiro atoms. The van der Waals surface area contributed by atoms with E-state index in [2.05, 4.69) is 28.6 Å². The lowest BCUT2D eigenvalue weighted by Crippen LogP contribution is -2.18. The monoisotopic (exact) mass is 315 g/mol. The van der Waals surface area contributed by atoms with Crippen LogP contribution in [0.15, 0.2) is 42.6 Å². The number of aryl methyl sites for hydroxylation is 1. The number of hydrogen-bond acceptors (Lipinski definition) is 3.